The summed E-state index contributed by atoms with van der Waals surface area (Å²) in [7, 11) is -3.61. The molecule has 21 heavy (non-hydrogen) atoms. The molecular formula is C13H21O6PSi. The van der Waals surface area contributed by atoms with Crippen molar-refractivity contribution in [1.82, 2.24) is 0 Å². The summed E-state index contributed by atoms with van der Waals surface area (Å²) in [6, 6.07) is 9.19. The first-order valence-corrected chi connectivity index (χ1v) is 9.49. The monoisotopic (exact) mass is 332 g/mol. The molecule has 0 aromatic heterocycles. The van der Waals surface area contributed by atoms with Crippen LogP contribution in [-0.4, -0.2) is 40.4 Å². The lowest BCUT2D eigenvalue weighted by Gasteiger charge is -2.34. The van der Waals surface area contributed by atoms with Gasteiger partial charge >= 0.3 is 7.82 Å². The highest BCUT2D eigenvalue weighted by Crippen LogP contribution is 2.48. The lowest BCUT2D eigenvalue weighted by atomic mass is 10.2. The Kier molecular flexibility index (Phi) is 5.98. The van der Waals surface area contributed by atoms with Gasteiger partial charge in [-0.15, -0.1) is 0 Å². The van der Waals surface area contributed by atoms with E-state index in [9.17, 15) is 9.46 Å². The summed E-state index contributed by atoms with van der Waals surface area (Å²) >= 11 is 0. The third-order valence-electron chi connectivity index (χ3n) is 3.09. The minimum Gasteiger partial charge on any atom is -0.491 e. The van der Waals surface area contributed by atoms with E-state index < -0.39 is 13.2 Å². The Balaban J connectivity index is 1.72. The molecule has 1 N–H and O–H groups in total. The second-order valence-electron chi connectivity index (χ2n) is 4.99. The molecule has 8 heteroatoms. The molecule has 0 bridgehead atoms. The van der Waals surface area contributed by atoms with Crippen LogP contribution < -0.4 is 4.74 Å². The van der Waals surface area contributed by atoms with Gasteiger partial charge in [-0.1, -0.05) is 18.2 Å². The first-order chi connectivity index (χ1) is 9.99. The molecule has 0 aliphatic carbocycles. The third-order valence-corrected chi connectivity index (χ3v) is 5.55. The number of para-hydroxylation sites is 1. The molecule has 0 amide bonds. The van der Waals surface area contributed by atoms with E-state index in [1.807, 2.05) is 18.2 Å². The Morgan fingerprint density at radius 1 is 1.29 bits per heavy atom. The topological polar surface area (TPSA) is 74.2 Å². The number of benzene rings is 1. The molecule has 1 heterocycles. The van der Waals surface area contributed by atoms with Crippen molar-refractivity contribution in [3.8, 4) is 5.75 Å². The minimum atomic E-state index is -4.12. The van der Waals surface area contributed by atoms with Crippen LogP contribution in [0.15, 0.2) is 30.3 Å². The van der Waals surface area contributed by atoms with Crippen LogP contribution in [0.25, 0.3) is 0 Å². The van der Waals surface area contributed by atoms with Crippen molar-refractivity contribution >= 4 is 18.1 Å². The lowest BCUT2D eigenvalue weighted by Crippen LogP contribution is -2.39. The Morgan fingerprint density at radius 2 is 2.05 bits per heavy atom. The summed E-state index contributed by atoms with van der Waals surface area (Å²) in [5, 5.41) is 0. The molecule has 0 spiro atoms. The van der Waals surface area contributed by atoms with Crippen molar-refractivity contribution in [1.29, 1.82) is 0 Å². The molecule has 0 saturated carbocycles. The molecule has 1 aliphatic rings. The van der Waals surface area contributed by atoms with Gasteiger partial charge in [-0.2, -0.15) is 0 Å². The van der Waals surface area contributed by atoms with Crippen molar-refractivity contribution < 1.29 is 28.0 Å². The molecule has 0 radical (unpaired) electrons. The molecule has 1 aromatic carbocycles. The molecule has 2 unspecified atom stereocenters. The van der Waals surface area contributed by atoms with E-state index in [1.54, 1.807) is 12.1 Å². The fourth-order valence-electron chi connectivity index (χ4n) is 2.08. The van der Waals surface area contributed by atoms with Crippen LogP contribution in [0, 0.1) is 0 Å². The Bertz CT molecular complexity index is 477. The van der Waals surface area contributed by atoms with Crippen LogP contribution in [0.2, 0.25) is 0 Å². The maximum absolute atomic E-state index is 11.9. The maximum Gasteiger partial charge on any atom is 0.474 e. The van der Waals surface area contributed by atoms with Crippen molar-refractivity contribution in [3.63, 3.8) is 0 Å². The first-order valence-electron chi connectivity index (χ1n) is 6.99. The van der Waals surface area contributed by atoms with E-state index in [0.717, 1.165) is 12.8 Å². The minimum absolute atomic E-state index is 0.0275. The number of ether oxygens (including phenoxy) is 2. The lowest BCUT2D eigenvalue weighted by molar-refractivity contribution is -0.155. The van der Waals surface area contributed by atoms with Gasteiger partial charge in [0.1, 0.15) is 12.4 Å². The largest absolute Gasteiger partial charge is 0.491 e. The van der Waals surface area contributed by atoms with E-state index in [0.29, 0.717) is 29.0 Å². The second-order valence-corrected chi connectivity index (χ2v) is 7.90. The van der Waals surface area contributed by atoms with Crippen LogP contribution in [0.3, 0.4) is 0 Å². The number of hydrogen-bond acceptors (Lipinski definition) is 5. The van der Waals surface area contributed by atoms with E-state index in [2.05, 4.69) is 0 Å². The van der Waals surface area contributed by atoms with E-state index in [-0.39, 0.29) is 13.2 Å². The fraction of sp³-hybridized carbons (Fsp3) is 0.538. The smallest absolute Gasteiger partial charge is 0.474 e. The SMILES string of the molecule is O=P(O)(OCCOc1ccccc1)OC1([SiH3])CCCCO1. The maximum atomic E-state index is 11.9. The summed E-state index contributed by atoms with van der Waals surface area (Å²) < 4.78 is 32.9. The number of phosphoric ester groups is 1. The number of phosphoric acid groups is 1. The van der Waals surface area contributed by atoms with Gasteiger partial charge < -0.3 is 14.4 Å². The normalized spacial score (nSPS) is 25.4. The Labute approximate surface area is 127 Å². The first kappa shape index (κ1) is 16.7. The molecule has 1 saturated heterocycles. The predicted octanol–water partition coefficient (Wildman–Crippen LogP) is 1.42. The van der Waals surface area contributed by atoms with Gasteiger partial charge in [0.25, 0.3) is 0 Å². The summed E-state index contributed by atoms with van der Waals surface area (Å²) in [4.78, 5) is 9.73. The highest BCUT2D eigenvalue weighted by molar-refractivity contribution is 7.47. The van der Waals surface area contributed by atoms with Crippen molar-refractivity contribution in [2.24, 2.45) is 0 Å². The van der Waals surface area contributed by atoms with Gasteiger partial charge in [-0.25, -0.2) is 4.57 Å². The quantitative estimate of drug-likeness (QED) is 0.462. The van der Waals surface area contributed by atoms with Gasteiger partial charge in [-0.05, 0) is 31.4 Å². The van der Waals surface area contributed by atoms with Gasteiger partial charge in [0, 0.05) is 6.61 Å². The zero-order valence-electron chi connectivity index (χ0n) is 12.1. The summed E-state index contributed by atoms with van der Waals surface area (Å²) in [6.45, 7) is 0.702. The van der Waals surface area contributed by atoms with Gasteiger partial charge in [0.05, 0.1) is 16.8 Å². The molecule has 1 aliphatic heterocycles. The number of hydrogen-bond donors (Lipinski definition) is 1. The van der Waals surface area contributed by atoms with E-state index in [1.165, 1.54) is 0 Å². The van der Waals surface area contributed by atoms with Gasteiger partial charge in [0.15, 0.2) is 5.41 Å². The molecule has 1 aromatic rings. The average molecular weight is 332 g/mol. The number of rotatable bonds is 7. The van der Waals surface area contributed by atoms with Crippen molar-refractivity contribution in [3.05, 3.63) is 30.3 Å². The van der Waals surface area contributed by atoms with Gasteiger partial charge in [0.2, 0.25) is 0 Å². The van der Waals surface area contributed by atoms with Crippen LogP contribution in [0.1, 0.15) is 19.3 Å². The Hall–Kier alpha value is -0.693. The molecule has 2 rings (SSSR count). The van der Waals surface area contributed by atoms with Crippen LogP contribution in [0.5, 0.6) is 5.75 Å². The Morgan fingerprint density at radius 3 is 2.71 bits per heavy atom. The van der Waals surface area contributed by atoms with Crippen LogP contribution in [-0.2, 0) is 18.3 Å². The standard InChI is InChI=1S/C13H21O6PSi/c14-20(15,19-13(21)8-4-5-9-17-13)18-11-10-16-12-6-2-1-3-7-12/h1-3,6-7H,4-5,8-11H2,21H3,(H,14,15). The molecule has 118 valence electrons. The molecule has 2 atom stereocenters. The molecular weight excluding hydrogens is 311 g/mol. The summed E-state index contributed by atoms with van der Waals surface area (Å²) in [5.74, 6) is 0.685. The second kappa shape index (κ2) is 7.53. The van der Waals surface area contributed by atoms with Crippen LogP contribution in [0.4, 0.5) is 0 Å². The molecule has 6 nitrogen and oxygen atoms in total. The fourth-order valence-corrected chi connectivity index (χ4v) is 4.32. The zero-order valence-corrected chi connectivity index (χ0v) is 15.0. The third kappa shape index (κ3) is 5.90. The van der Waals surface area contributed by atoms with Crippen molar-refractivity contribution in [2.75, 3.05) is 19.8 Å². The van der Waals surface area contributed by atoms with Gasteiger partial charge in [-0.3, -0.25) is 9.05 Å². The highest BCUT2D eigenvalue weighted by Gasteiger charge is 2.37. The predicted molar refractivity (Wildman–Crippen MR) is 81.3 cm³/mol. The van der Waals surface area contributed by atoms with E-state index >= 15 is 0 Å². The van der Waals surface area contributed by atoms with Crippen molar-refractivity contribution in [2.45, 2.75) is 24.7 Å². The summed E-state index contributed by atoms with van der Waals surface area (Å²) in [6.07, 6.45) is 2.52. The average Bonchev–Trinajstić information content (AvgIpc) is 2.44. The zero-order chi connectivity index (χ0) is 15.2. The van der Waals surface area contributed by atoms with E-state index in [4.69, 9.17) is 18.5 Å². The highest BCUT2D eigenvalue weighted by atomic mass is 31.2. The van der Waals surface area contributed by atoms with Crippen LogP contribution >= 0.6 is 7.82 Å². The summed E-state index contributed by atoms with van der Waals surface area (Å²) in [5.41, 5.74) is -0.914. The molecule has 1 fully saturated rings.